The third kappa shape index (κ3) is 24.5. The van der Waals surface area contributed by atoms with E-state index in [1.807, 2.05) is 20.8 Å². The van der Waals surface area contributed by atoms with Gasteiger partial charge in [-0.05, 0) is 105 Å². The molecule has 1 saturated carbocycles. The highest BCUT2D eigenvalue weighted by atomic mass is 16.6. The van der Waals surface area contributed by atoms with Crippen LogP contribution in [0.2, 0.25) is 0 Å². The Balaban J connectivity index is 3.46. The summed E-state index contributed by atoms with van der Waals surface area (Å²) in [6.07, 6.45) is 7.07. The molecule has 1 rings (SSSR count). The standard InChI is InChI=1S/C47H88N8O11/c1-13-15-23-36(55(25-16-14-2)29-32(5)48)42(59)54(12)37(27-31(3)4)40(57)53-38(33-21-18-17-19-22-33)41(58)51-34(28-50-45(63)66-47(9,10)11)39(56)52-35(43(60)61)30-64-26-20-24-49-44(62)65-46(6,7)8/h31-38H,13-30,48H2,1-12H3,(H,49,62)(H,50,63)(H,51,58)(H,52,56)(H,53,57)(H,60,61)/t32-,34+,35+,36+,37+,38+/m1/s1. The van der Waals surface area contributed by atoms with Gasteiger partial charge in [0.05, 0.1) is 19.2 Å². The van der Waals surface area contributed by atoms with E-state index in [1.54, 1.807) is 48.6 Å². The highest BCUT2D eigenvalue weighted by Gasteiger charge is 2.39. The average Bonchev–Trinajstić information content (AvgIpc) is 3.21. The summed E-state index contributed by atoms with van der Waals surface area (Å²) in [6, 6.07) is -5.79. The van der Waals surface area contributed by atoms with Gasteiger partial charge in [-0.2, -0.15) is 0 Å². The van der Waals surface area contributed by atoms with Gasteiger partial charge >= 0.3 is 18.2 Å². The quantitative estimate of drug-likeness (QED) is 0.0513. The molecule has 1 aliphatic carbocycles. The van der Waals surface area contributed by atoms with E-state index in [0.29, 0.717) is 45.2 Å². The normalized spacial score (nSPS) is 16.2. The zero-order chi connectivity index (χ0) is 50.2. The number of carboxylic acid groups (broad SMARTS) is 1. The fraction of sp³-hybridized carbons (Fsp3) is 0.851. The number of carbonyl (C=O) groups is 7. The van der Waals surface area contributed by atoms with Crippen molar-refractivity contribution in [1.29, 1.82) is 0 Å². The van der Waals surface area contributed by atoms with Crippen LogP contribution in [0.5, 0.6) is 0 Å². The van der Waals surface area contributed by atoms with Crippen LogP contribution in [0.15, 0.2) is 0 Å². The highest BCUT2D eigenvalue weighted by Crippen LogP contribution is 2.28. The number of hydrogen-bond donors (Lipinski definition) is 7. The number of nitrogens with one attached hydrogen (secondary N) is 5. The van der Waals surface area contributed by atoms with Crippen molar-refractivity contribution in [3.8, 4) is 0 Å². The van der Waals surface area contributed by atoms with Crippen molar-refractivity contribution in [2.24, 2.45) is 17.6 Å². The van der Waals surface area contributed by atoms with Gasteiger partial charge in [0.15, 0.2) is 6.04 Å². The maximum Gasteiger partial charge on any atom is 0.407 e. The van der Waals surface area contributed by atoms with Crippen LogP contribution in [-0.4, -0.2) is 151 Å². The Bertz CT molecular complexity index is 1510. The van der Waals surface area contributed by atoms with Crippen molar-refractivity contribution in [3.63, 3.8) is 0 Å². The van der Waals surface area contributed by atoms with Gasteiger partial charge in [0.25, 0.3) is 0 Å². The molecule has 0 spiro atoms. The number of hydrogen-bond acceptors (Lipinski definition) is 12. The van der Waals surface area contributed by atoms with E-state index in [4.69, 9.17) is 19.9 Å². The van der Waals surface area contributed by atoms with Crippen molar-refractivity contribution in [2.75, 3.05) is 46.4 Å². The number of aliphatic carboxylic acids is 1. The lowest BCUT2D eigenvalue weighted by Gasteiger charge is -2.38. The molecule has 382 valence electrons. The number of unbranched alkanes of at least 4 members (excludes halogenated alkanes) is 2. The molecule has 19 nitrogen and oxygen atoms in total. The summed E-state index contributed by atoms with van der Waals surface area (Å²) in [6.45, 7) is 20.7. The molecule has 6 atom stereocenters. The van der Waals surface area contributed by atoms with Gasteiger partial charge < -0.3 is 56.5 Å². The van der Waals surface area contributed by atoms with Crippen LogP contribution < -0.4 is 32.3 Å². The molecule has 0 aliphatic heterocycles. The van der Waals surface area contributed by atoms with E-state index in [-0.39, 0.29) is 36.9 Å². The topological polar surface area (TPSA) is 260 Å². The van der Waals surface area contributed by atoms with Gasteiger partial charge in [-0.3, -0.25) is 24.1 Å². The molecule has 0 unspecified atom stereocenters. The van der Waals surface area contributed by atoms with Crippen LogP contribution >= 0.6 is 0 Å². The first-order valence-corrected chi connectivity index (χ1v) is 24.2. The molecule has 8 N–H and O–H groups in total. The van der Waals surface area contributed by atoms with Crippen LogP contribution in [0.25, 0.3) is 0 Å². The second kappa shape index (κ2) is 30.2. The molecular weight excluding hydrogens is 853 g/mol. The van der Waals surface area contributed by atoms with E-state index in [0.717, 1.165) is 44.9 Å². The zero-order valence-electron chi connectivity index (χ0n) is 42.3. The van der Waals surface area contributed by atoms with Crippen LogP contribution in [0, 0.1) is 11.8 Å². The number of carboxylic acids is 1. The average molecular weight is 941 g/mol. The Hall–Kier alpha value is -4.23. The largest absolute Gasteiger partial charge is 0.480 e. The second-order valence-corrected chi connectivity index (χ2v) is 20.2. The molecular formula is C47H88N8O11. The van der Waals surface area contributed by atoms with E-state index in [2.05, 4.69) is 45.3 Å². The van der Waals surface area contributed by atoms with Crippen LogP contribution in [-0.2, 0) is 38.2 Å². The third-order valence-electron chi connectivity index (χ3n) is 10.9. The van der Waals surface area contributed by atoms with Gasteiger partial charge in [0.1, 0.15) is 29.3 Å². The zero-order valence-corrected chi connectivity index (χ0v) is 42.3. The molecule has 1 aliphatic rings. The number of ether oxygens (including phenoxy) is 3. The lowest BCUT2D eigenvalue weighted by molar-refractivity contribution is -0.145. The third-order valence-corrected chi connectivity index (χ3v) is 10.9. The molecule has 0 aromatic rings. The second-order valence-electron chi connectivity index (χ2n) is 20.2. The van der Waals surface area contributed by atoms with Gasteiger partial charge in [-0.1, -0.05) is 66.2 Å². The van der Waals surface area contributed by atoms with E-state index >= 15 is 0 Å². The summed E-state index contributed by atoms with van der Waals surface area (Å²) in [5.41, 5.74) is 4.71. The fourth-order valence-corrected chi connectivity index (χ4v) is 7.65. The maximum atomic E-state index is 14.6. The SMILES string of the molecule is CCCC[C@@H](C(=O)N(C)[C@@H](CC(C)C)C(=O)N[C@H](C(=O)N[C@@H](CNC(=O)OC(C)(C)C)C(=O)N[C@@H](COCCCNC(=O)OC(C)(C)C)C(=O)O)C1CCCCC1)N(CCCC)C[C@@H](C)N. The Morgan fingerprint density at radius 1 is 0.742 bits per heavy atom. The molecule has 0 saturated heterocycles. The van der Waals surface area contributed by atoms with Crippen molar-refractivity contribution in [2.45, 2.75) is 201 Å². The van der Waals surface area contributed by atoms with E-state index in [9.17, 15) is 38.7 Å². The van der Waals surface area contributed by atoms with Crippen molar-refractivity contribution < 1.29 is 52.9 Å². The molecule has 0 heterocycles. The molecule has 0 radical (unpaired) electrons. The summed E-state index contributed by atoms with van der Waals surface area (Å²) < 4.78 is 16.1. The molecule has 0 aromatic carbocycles. The summed E-state index contributed by atoms with van der Waals surface area (Å²) in [4.78, 5) is 98.3. The Labute approximate surface area is 394 Å². The lowest BCUT2D eigenvalue weighted by Crippen LogP contribution is -2.62. The van der Waals surface area contributed by atoms with Gasteiger partial charge in [0.2, 0.25) is 23.6 Å². The molecule has 0 aromatic heterocycles. The van der Waals surface area contributed by atoms with Crippen molar-refractivity contribution in [3.05, 3.63) is 0 Å². The number of alkyl carbamates (subject to hydrolysis) is 2. The first-order chi connectivity index (χ1) is 30.8. The van der Waals surface area contributed by atoms with Crippen molar-refractivity contribution in [1.82, 2.24) is 36.4 Å². The van der Waals surface area contributed by atoms with Crippen LogP contribution in [0.3, 0.4) is 0 Å². The summed E-state index contributed by atoms with van der Waals surface area (Å²) in [7, 11) is 1.64. The summed E-state index contributed by atoms with van der Waals surface area (Å²) in [5, 5.41) is 23.2. The molecule has 0 bridgehead atoms. The van der Waals surface area contributed by atoms with E-state index < -0.39 is 90.4 Å². The Kier molecular flexibility index (Phi) is 27.4. The number of amides is 6. The maximum absolute atomic E-state index is 14.6. The minimum atomic E-state index is -1.55. The molecule has 6 amide bonds. The number of rotatable bonds is 29. The Morgan fingerprint density at radius 2 is 1.32 bits per heavy atom. The van der Waals surface area contributed by atoms with Gasteiger partial charge in [0, 0.05) is 32.8 Å². The predicted octanol–water partition coefficient (Wildman–Crippen LogP) is 4.44. The molecule has 66 heavy (non-hydrogen) atoms. The minimum Gasteiger partial charge on any atom is -0.480 e. The number of nitrogens with zero attached hydrogens (tertiary/aromatic N) is 2. The van der Waals surface area contributed by atoms with Gasteiger partial charge in [-0.25, -0.2) is 14.4 Å². The molecule has 19 heteroatoms. The van der Waals surface area contributed by atoms with Crippen LogP contribution in [0.1, 0.15) is 153 Å². The number of likely N-dealkylation sites (N-methyl/N-ethyl adjacent to an activating group) is 1. The minimum absolute atomic E-state index is 0.000581. The first kappa shape index (κ1) is 59.8. The Morgan fingerprint density at radius 3 is 1.85 bits per heavy atom. The first-order valence-electron chi connectivity index (χ1n) is 24.2. The fourth-order valence-electron chi connectivity index (χ4n) is 7.65. The predicted molar refractivity (Wildman–Crippen MR) is 253 cm³/mol. The highest BCUT2D eigenvalue weighted by molar-refractivity contribution is 5.96. The lowest BCUT2D eigenvalue weighted by atomic mass is 9.83. The van der Waals surface area contributed by atoms with Crippen molar-refractivity contribution >= 4 is 41.8 Å². The summed E-state index contributed by atoms with van der Waals surface area (Å²) in [5.74, 6) is -4.07. The summed E-state index contributed by atoms with van der Waals surface area (Å²) >= 11 is 0. The number of nitrogens with two attached hydrogens (primary N) is 1. The smallest absolute Gasteiger partial charge is 0.407 e. The molecule has 1 fully saturated rings. The van der Waals surface area contributed by atoms with E-state index in [1.165, 1.54) is 4.90 Å². The van der Waals surface area contributed by atoms with Crippen LogP contribution in [0.4, 0.5) is 9.59 Å². The monoisotopic (exact) mass is 941 g/mol. The number of carbonyl (C=O) groups excluding carboxylic acids is 6. The van der Waals surface area contributed by atoms with Gasteiger partial charge in [-0.15, -0.1) is 0 Å².